The van der Waals surface area contributed by atoms with Crippen molar-refractivity contribution in [2.45, 2.75) is 58.0 Å². The van der Waals surface area contributed by atoms with Crippen LogP contribution in [0, 0.1) is 11.8 Å². The van der Waals surface area contributed by atoms with Gasteiger partial charge in [0, 0.05) is 25.0 Å². The molecule has 1 saturated heterocycles. The van der Waals surface area contributed by atoms with E-state index in [2.05, 4.69) is 24.1 Å². The smallest absolute Gasteiger partial charge is 0.221 e. The van der Waals surface area contributed by atoms with Crippen LogP contribution >= 0.6 is 0 Å². The fraction of sp³-hybridized carbons (Fsp3) is 0.933. The van der Waals surface area contributed by atoms with Gasteiger partial charge in [0.15, 0.2) is 0 Å². The molecule has 1 saturated carbocycles. The van der Waals surface area contributed by atoms with Gasteiger partial charge in [0.1, 0.15) is 0 Å². The summed E-state index contributed by atoms with van der Waals surface area (Å²) >= 11 is 0. The Morgan fingerprint density at radius 2 is 1.89 bits per heavy atom. The summed E-state index contributed by atoms with van der Waals surface area (Å²) in [6.07, 6.45) is 5.37. The first-order valence-electron chi connectivity index (χ1n) is 7.83. The summed E-state index contributed by atoms with van der Waals surface area (Å²) in [5, 5.41) is 3.06. The van der Waals surface area contributed by atoms with Crippen molar-refractivity contribution in [2.24, 2.45) is 17.6 Å². The number of amides is 1. The lowest BCUT2D eigenvalue weighted by Gasteiger charge is -2.38. The molecule has 0 aromatic rings. The highest BCUT2D eigenvalue weighted by molar-refractivity contribution is 5.77. The Hall–Kier alpha value is -0.610. The van der Waals surface area contributed by atoms with E-state index in [-0.39, 0.29) is 11.9 Å². The van der Waals surface area contributed by atoms with Gasteiger partial charge in [-0.15, -0.1) is 0 Å². The van der Waals surface area contributed by atoms with Crippen LogP contribution in [0.1, 0.15) is 46.0 Å². The second-order valence-electron chi connectivity index (χ2n) is 6.55. The Balaban J connectivity index is 1.76. The van der Waals surface area contributed by atoms with Crippen molar-refractivity contribution in [2.75, 3.05) is 19.6 Å². The highest BCUT2D eigenvalue weighted by atomic mass is 16.1. The lowest BCUT2D eigenvalue weighted by molar-refractivity contribution is -0.122. The van der Waals surface area contributed by atoms with E-state index in [4.69, 9.17) is 5.73 Å². The summed E-state index contributed by atoms with van der Waals surface area (Å²) in [6.45, 7) is 7.40. The maximum absolute atomic E-state index is 11.9. The maximum Gasteiger partial charge on any atom is 0.221 e. The molecule has 1 atom stereocenters. The van der Waals surface area contributed by atoms with Gasteiger partial charge in [-0.25, -0.2) is 0 Å². The van der Waals surface area contributed by atoms with Crippen LogP contribution in [-0.4, -0.2) is 42.5 Å². The van der Waals surface area contributed by atoms with E-state index in [0.717, 1.165) is 37.8 Å². The highest BCUT2D eigenvalue weighted by Crippen LogP contribution is 2.26. The van der Waals surface area contributed by atoms with Gasteiger partial charge in [-0.2, -0.15) is 0 Å². The average Bonchev–Trinajstić information content (AvgIpc) is 3.20. The third-order valence-electron chi connectivity index (χ3n) is 4.67. The molecule has 2 aliphatic rings. The molecular weight excluding hydrogens is 238 g/mol. The van der Waals surface area contributed by atoms with E-state index in [1.165, 1.54) is 12.8 Å². The summed E-state index contributed by atoms with van der Waals surface area (Å²) in [6, 6.07) is 0.685. The molecule has 1 aliphatic heterocycles. The van der Waals surface area contributed by atoms with Crippen molar-refractivity contribution in [3.05, 3.63) is 0 Å². The van der Waals surface area contributed by atoms with Crippen LogP contribution in [0.5, 0.6) is 0 Å². The molecule has 1 heterocycles. The predicted octanol–water partition coefficient (Wildman–Crippen LogP) is 1.35. The van der Waals surface area contributed by atoms with E-state index >= 15 is 0 Å². The average molecular weight is 267 g/mol. The molecular formula is C15H29N3O. The fourth-order valence-electron chi connectivity index (χ4n) is 3.04. The third-order valence-corrected chi connectivity index (χ3v) is 4.67. The van der Waals surface area contributed by atoms with Crippen molar-refractivity contribution in [3.8, 4) is 0 Å². The first-order chi connectivity index (χ1) is 9.10. The Kier molecular flexibility index (Phi) is 5.22. The summed E-state index contributed by atoms with van der Waals surface area (Å²) < 4.78 is 0. The Morgan fingerprint density at radius 3 is 2.37 bits per heavy atom. The minimum Gasteiger partial charge on any atom is -0.353 e. The number of piperidine rings is 1. The first-order valence-corrected chi connectivity index (χ1v) is 7.83. The molecule has 0 spiro atoms. The topological polar surface area (TPSA) is 58.4 Å². The van der Waals surface area contributed by atoms with E-state index < -0.39 is 0 Å². The Bertz CT molecular complexity index is 294. The molecule has 0 bridgehead atoms. The van der Waals surface area contributed by atoms with Gasteiger partial charge in [-0.05, 0) is 50.6 Å². The lowest BCUT2D eigenvalue weighted by atomic mass is 9.86. The van der Waals surface area contributed by atoms with Crippen molar-refractivity contribution in [1.29, 1.82) is 0 Å². The number of nitrogens with one attached hydrogen (secondary N) is 1. The Labute approximate surface area is 117 Å². The molecule has 0 aromatic carbocycles. The number of rotatable bonds is 6. The molecule has 19 heavy (non-hydrogen) atoms. The number of hydrogen-bond acceptors (Lipinski definition) is 3. The van der Waals surface area contributed by atoms with Crippen LogP contribution < -0.4 is 11.1 Å². The molecule has 2 fully saturated rings. The van der Waals surface area contributed by atoms with Gasteiger partial charge in [0.05, 0.1) is 0 Å². The van der Waals surface area contributed by atoms with Gasteiger partial charge >= 0.3 is 0 Å². The molecule has 4 nitrogen and oxygen atoms in total. The second-order valence-corrected chi connectivity index (χ2v) is 6.55. The molecule has 2 rings (SSSR count). The van der Waals surface area contributed by atoms with Gasteiger partial charge in [-0.3, -0.25) is 9.69 Å². The van der Waals surface area contributed by atoms with Gasteiger partial charge < -0.3 is 11.1 Å². The summed E-state index contributed by atoms with van der Waals surface area (Å²) in [4.78, 5) is 14.3. The third kappa shape index (κ3) is 4.46. The van der Waals surface area contributed by atoms with Gasteiger partial charge in [0.25, 0.3) is 0 Å². The number of nitrogens with two attached hydrogens (primary N) is 1. The van der Waals surface area contributed by atoms with E-state index in [0.29, 0.717) is 19.0 Å². The second kappa shape index (κ2) is 6.71. The van der Waals surface area contributed by atoms with Crippen molar-refractivity contribution < 1.29 is 4.79 Å². The molecule has 1 unspecified atom stereocenters. The minimum absolute atomic E-state index is 0.184. The molecule has 4 heteroatoms. The monoisotopic (exact) mass is 267 g/mol. The van der Waals surface area contributed by atoms with Crippen molar-refractivity contribution in [1.82, 2.24) is 10.2 Å². The van der Waals surface area contributed by atoms with E-state index in [1.807, 2.05) is 0 Å². The normalized spacial score (nSPS) is 23.6. The molecule has 1 aliphatic carbocycles. The largest absolute Gasteiger partial charge is 0.353 e. The number of carbonyl (C=O) groups excluding carboxylic acids is 1. The van der Waals surface area contributed by atoms with Crippen LogP contribution in [0.15, 0.2) is 0 Å². The molecule has 3 N–H and O–H groups in total. The summed E-state index contributed by atoms with van der Waals surface area (Å²) in [5.41, 5.74) is 5.87. The quantitative estimate of drug-likeness (QED) is 0.764. The molecule has 1 amide bonds. The van der Waals surface area contributed by atoms with Crippen LogP contribution in [0.3, 0.4) is 0 Å². The van der Waals surface area contributed by atoms with Crippen LogP contribution in [0.4, 0.5) is 0 Å². The van der Waals surface area contributed by atoms with E-state index in [1.54, 1.807) is 0 Å². The van der Waals surface area contributed by atoms with Crippen molar-refractivity contribution >= 4 is 5.91 Å². The van der Waals surface area contributed by atoms with Crippen molar-refractivity contribution in [3.63, 3.8) is 0 Å². The minimum atomic E-state index is 0.184. The fourth-order valence-corrected chi connectivity index (χ4v) is 3.04. The number of nitrogens with zero attached hydrogens (tertiary/aromatic N) is 1. The number of hydrogen-bond donors (Lipinski definition) is 2. The zero-order chi connectivity index (χ0) is 13.8. The van der Waals surface area contributed by atoms with Gasteiger partial charge in [0.2, 0.25) is 5.91 Å². The maximum atomic E-state index is 11.9. The molecule has 110 valence electrons. The highest BCUT2D eigenvalue weighted by Gasteiger charge is 2.29. The molecule has 0 aromatic heterocycles. The Morgan fingerprint density at radius 1 is 1.26 bits per heavy atom. The standard InChI is InChI=1S/C15H29N3O/c1-11(2)12-5-7-18(8-6-12)14(10-16)9-15(19)17-13-3-4-13/h11-14H,3-10,16H2,1-2H3,(H,17,19). The van der Waals surface area contributed by atoms with E-state index in [9.17, 15) is 4.79 Å². The predicted molar refractivity (Wildman–Crippen MR) is 77.8 cm³/mol. The summed E-state index contributed by atoms with van der Waals surface area (Å²) in [5.74, 6) is 1.80. The number of likely N-dealkylation sites (tertiary alicyclic amines) is 1. The zero-order valence-corrected chi connectivity index (χ0v) is 12.4. The lowest BCUT2D eigenvalue weighted by Crippen LogP contribution is -2.48. The molecule has 0 radical (unpaired) electrons. The SMILES string of the molecule is CC(C)C1CCN(C(CN)CC(=O)NC2CC2)CC1. The van der Waals surface area contributed by atoms with Crippen LogP contribution in [-0.2, 0) is 4.79 Å². The number of carbonyl (C=O) groups is 1. The van der Waals surface area contributed by atoms with Crippen LogP contribution in [0.2, 0.25) is 0 Å². The van der Waals surface area contributed by atoms with Gasteiger partial charge in [-0.1, -0.05) is 13.8 Å². The zero-order valence-electron chi connectivity index (χ0n) is 12.4. The summed E-state index contributed by atoms with van der Waals surface area (Å²) in [7, 11) is 0. The van der Waals surface area contributed by atoms with Crippen LogP contribution in [0.25, 0.3) is 0 Å². The first kappa shape index (κ1) is 14.8.